The SMILES string of the molecule is CN=C(NCCCNS(C)(=O)=O)N1CCCC2(CCCCCC2)C1.I. The number of halogens is 1. The van der Waals surface area contributed by atoms with Gasteiger partial charge in [-0.1, -0.05) is 25.7 Å². The fourth-order valence-electron chi connectivity index (χ4n) is 4.15. The van der Waals surface area contributed by atoms with E-state index in [9.17, 15) is 8.42 Å². The smallest absolute Gasteiger partial charge is 0.208 e. The van der Waals surface area contributed by atoms with Crippen LogP contribution < -0.4 is 10.0 Å². The Labute approximate surface area is 170 Å². The molecule has 1 spiro atoms. The summed E-state index contributed by atoms with van der Waals surface area (Å²) in [6.07, 6.45) is 12.8. The molecule has 2 aliphatic rings. The van der Waals surface area contributed by atoms with E-state index in [-0.39, 0.29) is 24.0 Å². The predicted molar refractivity (Wildman–Crippen MR) is 115 cm³/mol. The van der Waals surface area contributed by atoms with Crippen LogP contribution in [0.5, 0.6) is 0 Å². The molecule has 1 saturated carbocycles. The Bertz CT molecular complexity index is 517. The van der Waals surface area contributed by atoms with Gasteiger partial charge in [0.15, 0.2) is 5.96 Å². The van der Waals surface area contributed by atoms with Crippen molar-refractivity contribution in [3.05, 3.63) is 0 Å². The van der Waals surface area contributed by atoms with Gasteiger partial charge in [-0.2, -0.15) is 0 Å². The first-order valence-corrected chi connectivity index (χ1v) is 11.2. The van der Waals surface area contributed by atoms with Crippen molar-refractivity contribution in [3.63, 3.8) is 0 Å². The van der Waals surface area contributed by atoms with Crippen LogP contribution in [0.2, 0.25) is 0 Å². The minimum absolute atomic E-state index is 0. The van der Waals surface area contributed by atoms with Crippen molar-refractivity contribution < 1.29 is 8.42 Å². The molecule has 6 nitrogen and oxygen atoms in total. The van der Waals surface area contributed by atoms with E-state index in [0.29, 0.717) is 12.0 Å². The van der Waals surface area contributed by atoms with Crippen molar-refractivity contribution in [2.75, 3.05) is 39.5 Å². The maximum Gasteiger partial charge on any atom is 0.208 e. The normalized spacial score (nSPS) is 21.5. The predicted octanol–water partition coefficient (Wildman–Crippen LogP) is 2.56. The molecule has 1 saturated heterocycles. The maximum atomic E-state index is 11.1. The standard InChI is InChI=1S/C17H34N4O2S.HI/c1-18-16(19-12-8-13-20-24(2,22)23)21-14-7-11-17(15-21)9-5-3-4-6-10-17;/h20H,3-15H2,1-2H3,(H,18,19);1H. The molecule has 2 fully saturated rings. The van der Waals surface area contributed by atoms with Gasteiger partial charge >= 0.3 is 0 Å². The van der Waals surface area contributed by atoms with Crippen molar-refractivity contribution in [3.8, 4) is 0 Å². The highest BCUT2D eigenvalue weighted by atomic mass is 127. The first-order chi connectivity index (χ1) is 11.4. The second kappa shape index (κ2) is 10.9. The first-order valence-electron chi connectivity index (χ1n) is 9.34. The third kappa shape index (κ3) is 7.99. The lowest BCUT2D eigenvalue weighted by molar-refractivity contribution is 0.115. The average molecular weight is 486 g/mol. The monoisotopic (exact) mass is 486 g/mol. The summed E-state index contributed by atoms with van der Waals surface area (Å²) in [5, 5.41) is 3.40. The maximum absolute atomic E-state index is 11.1. The summed E-state index contributed by atoms with van der Waals surface area (Å²) in [6.45, 7) is 3.39. The van der Waals surface area contributed by atoms with E-state index in [4.69, 9.17) is 0 Å². The quantitative estimate of drug-likeness (QED) is 0.271. The second-order valence-corrected chi connectivity index (χ2v) is 9.27. The van der Waals surface area contributed by atoms with Gasteiger partial charge in [0, 0.05) is 33.2 Å². The second-order valence-electron chi connectivity index (χ2n) is 7.43. The molecule has 0 unspecified atom stereocenters. The van der Waals surface area contributed by atoms with Gasteiger partial charge in [-0.3, -0.25) is 4.99 Å². The van der Waals surface area contributed by atoms with Crippen LogP contribution in [0.15, 0.2) is 4.99 Å². The molecule has 0 amide bonds. The molecule has 0 aromatic rings. The van der Waals surface area contributed by atoms with E-state index in [1.165, 1.54) is 57.6 Å². The van der Waals surface area contributed by atoms with Crippen LogP contribution in [0.3, 0.4) is 0 Å². The molecule has 0 aromatic carbocycles. The van der Waals surface area contributed by atoms with E-state index >= 15 is 0 Å². The lowest BCUT2D eigenvalue weighted by Gasteiger charge is -2.44. The van der Waals surface area contributed by atoms with Crippen LogP contribution in [0.1, 0.15) is 57.8 Å². The van der Waals surface area contributed by atoms with E-state index in [1.807, 2.05) is 7.05 Å². The van der Waals surface area contributed by atoms with Crippen LogP contribution in [-0.2, 0) is 10.0 Å². The number of nitrogens with zero attached hydrogens (tertiary/aromatic N) is 2. The zero-order chi connectivity index (χ0) is 17.5. The summed E-state index contributed by atoms with van der Waals surface area (Å²) < 4.78 is 24.7. The zero-order valence-corrected chi connectivity index (χ0v) is 18.9. The summed E-state index contributed by atoms with van der Waals surface area (Å²) in [5.74, 6) is 0.970. The van der Waals surface area contributed by atoms with Gasteiger partial charge in [0.1, 0.15) is 0 Å². The Kier molecular flexibility index (Phi) is 10.0. The van der Waals surface area contributed by atoms with Gasteiger partial charge in [-0.25, -0.2) is 13.1 Å². The molecule has 0 atom stereocenters. The highest BCUT2D eigenvalue weighted by molar-refractivity contribution is 14.0. The molecule has 1 aliphatic carbocycles. The lowest BCUT2D eigenvalue weighted by Crippen LogP contribution is -2.50. The van der Waals surface area contributed by atoms with Crippen LogP contribution in [-0.4, -0.2) is 58.8 Å². The fraction of sp³-hybridized carbons (Fsp3) is 0.941. The van der Waals surface area contributed by atoms with Crippen molar-refractivity contribution in [1.82, 2.24) is 14.9 Å². The molecule has 8 heteroatoms. The van der Waals surface area contributed by atoms with Crippen molar-refractivity contribution in [1.29, 1.82) is 0 Å². The Morgan fingerprint density at radius 1 is 1.08 bits per heavy atom. The minimum atomic E-state index is -3.09. The highest BCUT2D eigenvalue weighted by Gasteiger charge is 2.36. The Morgan fingerprint density at radius 3 is 2.32 bits per heavy atom. The molecule has 1 aliphatic heterocycles. The number of rotatable bonds is 5. The third-order valence-electron chi connectivity index (χ3n) is 5.34. The van der Waals surface area contributed by atoms with Gasteiger partial charge in [0.05, 0.1) is 6.26 Å². The van der Waals surface area contributed by atoms with Crippen LogP contribution in [0.25, 0.3) is 0 Å². The summed E-state index contributed by atoms with van der Waals surface area (Å²) in [4.78, 5) is 6.87. The van der Waals surface area contributed by atoms with Gasteiger partial charge < -0.3 is 10.2 Å². The number of hydrogen-bond acceptors (Lipinski definition) is 3. The van der Waals surface area contributed by atoms with Crippen LogP contribution in [0, 0.1) is 5.41 Å². The summed E-state index contributed by atoms with van der Waals surface area (Å²) in [6, 6.07) is 0. The number of piperidine rings is 1. The Balaban J connectivity index is 0.00000312. The number of hydrogen-bond donors (Lipinski definition) is 2. The number of nitrogens with one attached hydrogen (secondary N) is 2. The molecule has 0 radical (unpaired) electrons. The number of likely N-dealkylation sites (tertiary alicyclic amines) is 1. The number of sulfonamides is 1. The molecule has 2 rings (SSSR count). The molecule has 2 N–H and O–H groups in total. The Morgan fingerprint density at radius 2 is 1.72 bits per heavy atom. The number of guanidine groups is 1. The molecular formula is C17H35IN4O2S. The highest BCUT2D eigenvalue weighted by Crippen LogP contribution is 2.42. The lowest BCUT2D eigenvalue weighted by atomic mass is 9.74. The molecule has 148 valence electrons. The molecule has 0 aromatic heterocycles. The zero-order valence-electron chi connectivity index (χ0n) is 15.7. The van der Waals surface area contributed by atoms with Crippen LogP contribution in [0.4, 0.5) is 0 Å². The van der Waals surface area contributed by atoms with Crippen molar-refractivity contribution in [2.24, 2.45) is 10.4 Å². The summed E-state index contributed by atoms with van der Waals surface area (Å²) in [5.41, 5.74) is 0.490. The molecular weight excluding hydrogens is 451 g/mol. The van der Waals surface area contributed by atoms with Crippen molar-refractivity contribution in [2.45, 2.75) is 57.8 Å². The van der Waals surface area contributed by atoms with Crippen LogP contribution >= 0.6 is 24.0 Å². The summed E-state index contributed by atoms with van der Waals surface area (Å²) in [7, 11) is -1.25. The topological polar surface area (TPSA) is 73.8 Å². The summed E-state index contributed by atoms with van der Waals surface area (Å²) >= 11 is 0. The number of aliphatic imine (C=N–C) groups is 1. The van der Waals surface area contributed by atoms with E-state index in [0.717, 1.165) is 32.0 Å². The van der Waals surface area contributed by atoms with Gasteiger partial charge in [0.25, 0.3) is 0 Å². The van der Waals surface area contributed by atoms with Gasteiger partial charge in [-0.15, -0.1) is 24.0 Å². The van der Waals surface area contributed by atoms with E-state index < -0.39 is 10.0 Å². The molecule has 25 heavy (non-hydrogen) atoms. The minimum Gasteiger partial charge on any atom is -0.356 e. The van der Waals surface area contributed by atoms with E-state index in [1.54, 1.807) is 0 Å². The van der Waals surface area contributed by atoms with Gasteiger partial charge in [-0.05, 0) is 37.5 Å². The fourth-order valence-corrected chi connectivity index (χ4v) is 4.67. The average Bonchev–Trinajstić information content (AvgIpc) is 2.75. The largest absolute Gasteiger partial charge is 0.356 e. The first kappa shape index (κ1) is 23.0. The van der Waals surface area contributed by atoms with Crippen molar-refractivity contribution >= 4 is 40.0 Å². The van der Waals surface area contributed by atoms with Gasteiger partial charge in [0.2, 0.25) is 10.0 Å². The third-order valence-corrected chi connectivity index (χ3v) is 6.07. The molecule has 1 heterocycles. The Hall–Kier alpha value is -0.0900. The molecule has 0 bridgehead atoms. The van der Waals surface area contributed by atoms with E-state index in [2.05, 4.69) is 19.9 Å².